The van der Waals surface area contributed by atoms with Crippen LogP contribution in [-0.2, 0) is 0 Å². The molecule has 0 fully saturated rings. The van der Waals surface area contributed by atoms with Crippen molar-refractivity contribution >= 4 is 37.1 Å². The summed E-state index contributed by atoms with van der Waals surface area (Å²) >= 11 is 0. The average molecular weight is 1220 g/mol. The van der Waals surface area contributed by atoms with Gasteiger partial charge in [0.25, 0.3) is 0 Å². The van der Waals surface area contributed by atoms with Crippen LogP contribution >= 0.6 is 0 Å². The van der Waals surface area contributed by atoms with Crippen molar-refractivity contribution in [2.75, 3.05) is 26.4 Å². The maximum atomic E-state index is 6.94. The molecule has 0 atom stereocenters. The Kier molecular flexibility index (Phi) is 25.0. The van der Waals surface area contributed by atoms with Gasteiger partial charge in [-0.25, -0.2) is 0 Å². The maximum absolute atomic E-state index is 6.94. The summed E-state index contributed by atoms with van der Waals surface area (Å²) in [5.74, 6) is 5.37. The van der Waals surface area contributed by atoms with Crippen LogP contribution in [0.3, 0.4) is 0 Å². The third-order valence-electron chi connectivity index (χ3n) is 17.7. The summed E-state index contributed by atoms with van der Waals surface area (Å²) in [6, 6.07) is 21.0. The zero-order valence-electron chi connectivity index (χ0n) is 56.9. The van der Waals surface area contributed by atoms with E-state index in [4.69, 9.17) is 47.5 Å². The van der Waals surface area contributed by atoms with E-state index in [1.165, 1.54) is 103 Å². The number of rotatable bonds is 38. The average Bonchev–Trinajstić information content (AvgIpc) is 1.73. The van der Waals surface area contributed by atoms with Gasteiger partial charge in [0.2, 0.25) is 0 Å². The Morgan fingerprint density at radius 1 is 0.356 bits per heavy atom. The highest BCUT2D eigenvalue weighted by Gasteiger charge is 2.45. The lowest BCUT2D eigenvalue weighted by Crippen LogP contribution is -2.37. The summed E-state index contributed by atoms with van der Waals surface area (Å²) < 4.78 is 58.6. The number of aliphatic imine (C=N–C) groups is 2. The first-order chi connectivity index (χ1) is 43.8. The minimum atomic E-state index is -0.851. The lowest BCUT2D eigenvalue weighted by Gasteiger charge is -2.20. The number of hydrogen-bond acceptors (Lipinski definition) is 10. The number of benzene rings is 3. The molecule has 6 heterocycles. The molecule has 5 aromatic rings. The van der Waals surface area contributed by atoms with E-state index in [2.05, 4.69) is 153 Å². The summed E-state index contributed by atoms with van der Waals surface area (Å²) in [5, 5.41) is 0. The van der Waals surface area contributed by atoms with E-state index in [0.717, 1.165) is 165 Å². The lowest BCUT2D eigenvalue weighted by molar-refractivity contribution is 0.289. The molecule has 14 heteroatoms. The van der Waals surface area contributed by atoms with Crippen LogP contribution in [0.15, 0.2) is 105 Å². The van der Waals surface area contributed by atoms with Crippen LogP contribution in [0.4, 0.5) is 0 Å². The highest BCUT2D eigenvalue weighted by atomic mass is 16.7. The molecule has 12 nitrogen and oxygen atoms in total. The molecule has 0 radical (unpaired) electrons. The number of fused-ring (bicyclic) bond motifs is 2. The van der Waals surface area contributed by atoms with E-state index in [0.29, 0.717) is 49.4 Å². The van der Waals surface area contributed by atoms with Gasteiger partial charge in [0.05, 0.1) is 37.8 Å². The summed E-state index contributed by atoms with van der Waals surface area (Å²) in [7, 11) is -1.70. The number of nitrogens with zero attached hydrogens (tertiary/aromatic N) is 4. The van der Waals surface area contributed by atoms with E-state index >= 15 is 0 Å². The van der Waals surface area contributed by atoms with Crippen LogP contribution in [0.1, 0.15) is 255 Å². The molecule has 4 aliphatic rings. The first kappa shape index (κ1) is 67.4. The Morgan fingerprint density at radius 3 is 0.900 bits per heavy atom. The fraction of sp³-hybridized carbons (Fsp3) is 0.526. The third-order valence-corrected chi connectivity index (χ3v) is 17.7. The maximum Gasteiger partial charge on any atom is 0.743 e. The lowest BCUT2D eigenvalue weighted by atomic mass is 9.93. The van der Waals surface area contributed by atoms with Gasteiger partial charge in [-0.3, -0.25) is 9.98 Å². The van der Waals surface area contributed by atoms with Gasteiger partial charge >= 0.3 is 14.5 Å². The normalized spacial score (nSPS) is 15.2. The van der Waals surface area contributed by atoms with E-state index in [9.17, 15) is 0 Å². The van der Waals surface area contributed by atoms with E-state index < -0.39 is 14.5 Å². The Bertz CT molecular complexity index is 3110. The van der Waals surface area contributed by atoms with Gasteiger partial charge < -0.3 is 46.5 Å². The topological polar surface area (TPSA) is 108 Å². The summed E-state index contributed by atoms with van der Waals surface area (Å²) in [5.41, 5.74) is 15.6. The van der Waals surface area contributed by atoms with Gasteiger partial charge in [-0.05, 0) is 163 Å². The molecular weight excluding hydrogens is 1120 g/mol. The first-order valence-electron chi connectivity index (χ1n) is 34.8. The van der Waals surface area contributed by atoms with Gasteiger partial charge in [0.15, 0.2) is 0 Å². The smallest absolute Gasteiger partial charge is 0.503 e. The Morgan fingerprint density at radius 2 is 0.633 bits per heavy atom. The van der Waals surface area contributed by atoms with Crippen LogP contribution in [0.25, 0.3) is 11.1 Å². The second-order valence-electron chi connectivity index (χ2n) is 25.7. The summed E-state index contributed by atoms with van der Waals surface area (Å²) in [6.45, 7) is 28.5. The van der Waals surface area contributed by atoms with Crippen LogP contribution in [0.2, 0.25) is 0 Å². The Balaban J connectivity index is 1.01. The van der Waals surface area contributed by atoms with Gasteiger partial charge in [0, 0.05) is 69.6 Å². The van der Waals surface area contributed by atoms with Crippen molar-refractivity contribution < 1.29 is 37.6 Å². The van der Waals surface area contributed by atoms with Crippen LogP contribution in [0, 0.1) is 27.7 Å². The quantitative estimate of drug-likeness (QED) is 0.0284. The van der Waals surface area contributed by atoms with Crippen molar-refractivity contribution in [1.82, 2.24) is 8.96 Å². The summed E-state index contributed by atoms with van der Waals surface area (Å²) in [6.07, 6.45) is 32.9. The van der Waals surface area contributed by atoms with Crippen molar-refractivity contribution in [2.45, 2.75) is 237 Å². The molecule has 0 saturated heterocycles. The predicted octanol–water partition coefficient (Wildman–Crippen LogP) is 20.4. The molecule has 0 aliphatic carbocycles. The highest BCUT2D eigenvalue weighted by Crippen LogP contribution is 2.49. The van der Waals surface area contributed by atoms with Crippen molar-refractivity contribution in [2.24, 2.45) is 9.98 Å². The monoisotopic (exact) mass is 1220 g/mol. The van der Waals surface area contributed by atoms with Gasteiger partial charge in [-0.1, -0.05) is 156 Å². The fourth-order valence-electron chi connectivity index (χ4n) is 13.1. The molecular formula is C76H104B2N4O8. The van der Waals surface area contributed by atoms with Gasteiger partial charge in [-0.2, -0.15) is 0 Å². The number of hydrogen-bond donors (Lipinski definition) is 0. The number of unbranched alkanes of at least 4 members (excludes halogenated alkanes) is 20. The molecule has 0 bridgehead atoms. The molecule has 0 spiro atoms. The molecule has 0 saturated carbocycles. The predicted molar refractivity (Wildman–Crippen MR) is 373 cm³/mol. The van der Waals surface area contributed by atoms with Gasteiger partial charge in [0.1, 0.15) is 46.0 Å². The van der Waals surface area contributed by atoms with Gasteiger partial charge in [-0.15, -0.1) is 0 Å². The van der Waals surface area contributed by atoms with Crippen molar-refractivity contribution in [3.63, 3.8) is 0 Å². The van der Waals surface area contributed by atoms with E-state index in [-0.39, 0.29) is 0 Å². The summed E-state index contributed by atoms with van der Waals surface area (Å²) in [4.78, 5) is 10.5. The number of allylic oxidation sites excluding steroid dienone is 4. The van der Waals surface area contributed by atoms with E-state index in [1.807, 2.05) is 12.1 Å². The standard InChI is InChI=1S/C76H104B2N4O8/c1-13-17-21-25-29-33-37-83-63-45-61(46-64(49-63)84-38-34-30-26-22-18-14-2)71(73-53(5)41-57(9)79-73)75-55(7)43-59(11)81(75)77-87-67-51-69-70(52-68(67)88-77)90-78(89-69)82-60(12)44-56(8)76(82)72(74-54(6)42-58(10)80-74)62-47-65(85-39-35-31-27-23-19-15-3)50-66(48-62)86-40-36-32-28-24-20-16-4/h41-52H,13-40H2,1-12H3/b73-71-,74-72-. The van der Waals surface area contributed by atoms with E-state index in [1.54, 1.807) is 0 Å². The highest BCUT2D eigenvalue weighted by molar-refractivity contribution is 6.48. The van der Waals surface area contributed by atoms with Crippen molar-refractivity contribution in [3.8, 4) is 46.0 Å². The molecule has 0 N–H and O–H groups in total. The Labute approximate surface area is 540 Å². The minimum absolute atomic E-state index is 0.557. The van der Waals surface area contributed by atoms with Crippen LogP contribution in [0.5, 0.6) is 46.0 Å². The molecule has 90 heavy (non-hydrogen) atoms. The zero-order chi connectivity index (χ0) is 63.5. The van der Waals surface area contributed by atoms with Crippen LogP contribution < -0.4 is 37.6 Å². The molecule has 482 valence electrons. The molecule has 0 unspecified atom stereocenters. The second kappa shape index (κ2) is 33.4. The number of ether oxygens (including phenoxy) is 4. The molecule has 0 amide bonds. The Hall–Kier alpha value is -6.95. The molecule has 9 rings (SSSR count). The number of aryl methyl sites for hydroxylation is 4. The molecule has 2 aromatic heterocycles. The van der Waals surface area contributed by atoms with Crippen LogP contribution in [-0.4, -0.2) is 61.3 Å². The largest absolute Gasteiger partial charge is 0.743 e. The second-order valence-corrected chi connectivity index (χ2v) is 25.7. The van der Waals surface area contributed by atoms with Crippen molar-refractivity contribution in [3.05, 3.63) is 140 Å². The first-order valence-corrected chi connectivity index (χ1v) is 34.8. The van der Waals surface area contributed by atoms with Crippen molar-refractivity contribution in [1.29, 1.82) is 0 Å². The fourth-order valence-corrected chi connectivity index (χ4v) is 13.1. The zero-order valence-corrected chi connectivity index (χ0v) is 56.9. The third kappa shape index (κ3) is 17.3. The SMILES string of the molecule is CCCCCCCCOc1cc(OCCCCCCCC)cc(/C(=C2/N=C(C)C=C2C)c2c(C)cc(C)n2B2Oc3cc4c(cc3O2)OB(n2c(C)cc(C)c2/C(=C2\N=C(C)C=C2C)c2cc(OCCCCCCCC)cc(OCCCCCCCC)c2)O4)c1. The molecule has 3 aromatic carbocycles. The number of aromatic nitrogens is 2. The minimum Gasteiger partial charge on any atom is -0.503 e. The molecule has 4 aliphatic heterocycles.